The van der Waals surface area contributed by atoms with Crippen molar-refractivity contribution in [1.82, 2.24) is 4.90 Å². The van der Waals surface area contributed by atoms with E-state index in [1.165, 1.54) is 7.11 Å². The van der Waals surface area contributed by atoms with Crippen molar-refractivity contribution in [2.24, 2.45) is 5.92 Å². The van der Waals surface area contributed by atoms with Gasteiger partial charge >= 0.3 is 0 Å². The summed E-state index contributed by atoms with van der Waals surface area (Å²) in [5, 5.41) is 3.43. The highest BCUT2D eigenvalue weighted by atomic mass is 35.5. The first kappa shape index (κ1) is 22.0. The zero-order valence-corrected chi connectivity index (χ0v) is 18.4. The molecule has 2 aromatic rings. The second-order valence-electron chi connectivity index (χ2n) is 7.79. The normalized spacial score (nSPS) is 14.0. The van der Waals surface area contributed by atoms with Gasteiger partial charge in [0.15, 0.2) is 0 Å². The molecule has 2 amide bonds. The summed E-state index contributed by atoms with van der Waals surface area (Å²) < 4.78 is 5.25. The molecule has 0 bridgehead atoms. The number of nitrogens with zero attached hydrogens (tertiary/aromatic N) is 2. The molecule has 0 aliphatic carbocycles. The Balaban J connectivity index is 1.63. The maximum atomic E-state index is 12.6. The standard InChI is InChI=1S/C23H28ClN3O3/c1-16(2)14-22(28)27-12-10-26(11-13-27)20-9-8-17(15-19(20)24)25-23(29)18-6-4-5-7-21(18)30-3/h4-9,15-16H,10-14H2,1-3H3,(H,25,29). The third kappa shape index (κ3) is 5.25. The molecule has 0 radical (unpaired) electrons. The molecule has 1 aliphatic heterocycles. The molecule has 0 saturated carbocycles. The van der Waals surface area contributed by atoms with Crippen molar-refractivity contribution in [2.75, 3.05) is 43.5 Å². The first-order chi connectivity index (χ1) is 14.4. The Hall–Kier alpha value is -2.73. The third-order valence-corrected chi connectivity index (χ3v) is 5.42. The molecule has 7 heteroatoms. The average molecular weight is 430 g/mol. The van der Waals surface area contributed by atoms with E-state index in [9.17, 15) is 9.59 Å². The first-order valence-electron chi connectivity index (χ1n) is 10.2. The molecule has 160 valence electrons. The molecule has 30 heavy (non-hydrogen) atoms. The lowest BCUT2D eigenvalue weighted by Gasteiger charge is -2.36. The largest absolute Gasteiger partial charge is 0.496 e. The fourth-order valence-corrected chi connectivity index (χ4v) is 3.85. The molecule has 1 saturated heterocycles. The first-order valence-corrected chi connectivity index (χ1v) is 10.5. The van der Waals surface area contributed by atoms with Crippen molar-refractivity contribution in [3.8, 4) is 5.75 Å². The number of hydrogen-bond donors (Lipinski definition) is 1. The number of carbonyl (C=O) groups excluding carboxylic acids is 2. The van der Waals surface area contributed by atoms with Crippen LogP contribution in [0.4, 0.5) is 11.4 Å². The molecule has 3 rings (SSSR count). The van der Waals surface area contributed by atoms with Crippen LogP contribution in [-0.4, -0.2) is 50.0 Å². The van der Waals surface area contributed by atoms with E-state index in [0.29, 0.717) is 47.5 Å². The van der Waals surface area contributed by atoms with Crippen molar-refractivity contribution < 1.29 is 14.3 Å². The zero-order valence-electron chi connectivity index (χ0n) is 17.7. The minimum absolute atomic E-state index is 0.213. The van der Waals surface area contributed by atoms with E-state index in [0.717, 1.165) is 18.8 Å². The van der Waals surface area contributed by atoms with Crippen LogP contribution in [0.15, 0.2) is 42.5 Å². The fraction of sp³-hybridized carbons (Fsp3) is 0.391. The Morgan fingerprint density at radius 2 is 1.80 bits per heavy atom. The average Bonchev–Trinajstić information content (AvgIpc) is 2.73. The van der Waals surface area contributed by atoms with E-state index in [-0.39, 0.29) is 11.8 Å². The molecule has 1 heterocycles. The highest BCUT2D eigenvalue weighted by Gasteiger charge is 2.23. The smallest absolute Gasteiger partial charge is 0.259 e. The maximum absolute atomic E-state index is 12.6. The van der Waals surface area contributed by atoms with Crippen LogP contribution in [0, 0.1) is 5.92 Å². The number of para-hydroxylation sites is 1. The number of carbonyl (C=O) groups is 2. The zero-order chi connectivity index (χ0) is 21.7. The van der Waals surface area contributed by atoms with Gasteiger partial charge < -0.3 is 19.9 Å². The van der Waals surface area contributed by atoms with Crippen LogP contribution >= 0.6 is 11.6 Å². The van der Waals surface area contributed by atoms with Gasteiger partial charge in [0.25, 0.3) is 5.91 Å². The number of rotatable bonds is 6. The molecule has 0 unspecified atom stereocenters. The topological polar surface area (TPSA) is 61.9 Å². The molecule has 0 spiro atoms. The maximum Gasteiger partial charge on any atom is 0.259 e. The van der Waals surface area contributed by atoms with Crippen LogP contribution in [0.5, 0.6) is 5.75 Å². The molecule has 1 N–H and O–H groups in total. The lowest BCUT2D eigenvalue weighted by molar-refractivity contribution is -0.132. The van der Waals surface area contributed by atoms with Gasteiger partial charge in [-0.3, -0.25) is 9.59 Å². The number of benzene rings is 2. The minimum atomic E-state index is -0.256. The van der Waals surface area contributed by atoms with Crippen LogP contribution in [0.2, 0.25) is 5.02 Å². The lowest BCUT2D eigenvalue weighted by atomic mass is 10.1. The summed E-state index contributed by atoms with van der Waals surface area (Å²) in [7, 11) is 1.54. The molecule has 0 aromatic heterocycles. The highest BCUT2D eigenvalue weighted by molar-refractivity contribution is 6.33. The quantitative estimate of drug-likeness (QED) is 0.743. The van der Waals surface area contributed by atoms with Gasteiger partial charge in [-0.15, -0.1) is 0 Å². The van der Waals surface area contributed by atoms with E-state index < -0.39 is 0 Å². The number of ether oxygens (including phenoxy) is 1. The van der Waals surface area contributed by atoms with Crippen molar-refractivity contribution in [3.63, 3.8) is 0 Å². The molecule has 6 nitrogen and oxygen atoms in total. The molecule has 0 atom stereocenters. The van der Waals surface area contributed by atoms with Gasteiger partial charge in [-0.2, -0.15) is 0 Å². The second kappa shape index (κ2) is 9.85. The van der Waals surface area contributed by atoms with E-state index >= 15 is 0 Å². The van der Waals surface area contributed by atoms with E-state index in [4.69, 9.17) is 16.3 Å². The van der Waals surface area contributed by atoms with E-state index in [1.807, 2.05) is 23.1 Å². The summed E-state index contributed by atoms with van der Waals surface area (Å²) in [6.07, 6.45) is 0.585. The predicted octanol–water partition coefficient (Wildman–Crippen LogP) is 4.30. The van der Waals surface area contributed by atoms with Gasteiger partial charge in [0.05, 0.1) is 23.4 Å². The second-order valence-corrected chi connectivity index (χ2v) is 8.19. The van der Waals surface area contributed by atoms with Crippen LogP contribution in [0.1, 0.15) is 30.6 Å². The van der Waals surface area contributed by atoms with Crippen molar-refractivity contribution >= 4 is 34.8 Å². The molecular formula is C23H28ClN3O3. The number of nitrogens with one attached hydrogen (secondary N) is 1. The van der Waals surface area contributed by atoms with Gasteiger partial charge in [-0.25, -0.2) is 0 Å². The van der Waals surface area contributed by atoms with Crippen LogP contribution in [0.25, 0.3) is 0 Å². The summed E-state index contributed by atoms with van der Waals surface area (Å²) >= 11 is 6.52. The Morgan fingerprint density at radius 3 is 2.43 bits per heavy atom. The van der Waals surface area contributed by atoms with E-state index in [1.54, 1.807) is 24.3 Å². The third-order valence-electron chi connectivity index (χ3n) is 5.11. The fourth-order valence-electron chi connectivity index (χ4n) is 3.55. The van der Waals surface area contributed by atoms with Crippen LogP contribution < -0.4 is 15.0 Å². The number of methoxy groups -OCH3 is 1. The Labute approximate surface area is 182 Å². The Morgan fingerprint density at radius 1 is 1.10 bits per heavy atom. The van der Waals surface area contributed by atoms with Gasteiger partial charge in [0.2, 0.25) is 5.91 Å². The Bertz CT molecular complexity index is 908. The van der Waals surface area contributed by atoms with Gasteiger partial charge in [-0.1, -0.05) is 37.6 Å². The summed E-state index contributed by atoms with van der Waals surface area (Å²) in [6, 6.07) is 12.6. The molecule has 1 fully saturated rings. The summed E-state index contributed by atoms with van der Waals surface area (Å²) in [5.41, 5.74) is 1.98. The number of anilines is 2. The SMILES string of the molecule is COc1ccccc1C(=O)Nc1ccc(N2CCN(C(=O)CC(C)C)CC2)c(Cl)c1. The van der Waals surface area contributed by atoms with Crippen LogP contribution in [0.3, 0.4) is 0 Å². The van der Waals surface area contributed by atoms with Crippen LogP contribution in [-0.2, 0) is 4.79 Å². The summed E-state index contributed by atoms with van der Waals surface area (Å²) in [6.45, 7) is 6.96. The summed E-state index contributed by atoms with van der Waals surface area (Å²) in [4.78, 5) is 28.9. The number of hydrogen-bond acceptors (Lipinski definition) is 4. The Kier molecular flexibility index (Phi) is 7.21. The van der Waals surface area contributed by atoms with Gasteiger partial charge in [-0.05, 0) is 36.2 Å². The monoisotopic (exact) mass is 429 g/mol. The van der Waals surface area contributed by atoms with Crippen molar-refractivity contribution in [1.29, 1.82) is 0 Å². The lowest BCUT2D eigenvalue weighted by Crippen LogP contribution is -2.49. The number of halogens is 1. The molecule has 2 aromatic carbocycles. The number of amides is 2. The van der Waals surface area contributed by atoms with Gasteiger partial charge in [0, 0.05) is 38.3 Å². The number of piperazine rings is 1. The van der Waals surface area contributed by atoms with Crippen molar-refractivity contribution in [2.45, 2.75) is 20.3 Å². The highest BCUT2D eigenvalue weighted by Crippen LogP contribution is 2.30. The van der Waals surface area contributed by atoms with E-state index in [2.05, 4.69) is 24.1 Å². The minimum Gasteiger partial charge on any atom is -0.496 e. The summed E-state index contributed by atoms with van der Waals surface area (Å²) in [5.74, 6) is 0.838. The van der Waals surface area contributed by atoms with Gasteiger partial charge in [0.1, 0.15) is 5.75 Å². The molecule has 1 aliphatic rings. The van der Waals surface area contributed by atoms with Crippen molar-refractivity contribution in [3.05, 3.63) is 53.1 Å². The molecular weight excluding hydrogens is 402 g/mol. The predicted molar refractivity (Wildman–Crippen MR) is 121 cm³/mol.